The second-order valence-corrected chi connectivity index (χ2v) is 10.4. The summed E-state index contributed by atoms with van der Waals surface area (Å²) < 4.78 is 61.7. The van der Waals surface area contributed by atoms with Gasteiger partial charge in [-0.1, -0.05) is 0 Å². The summed E-state index contributed by atoms with van der Waals surface area (Å²) in [6, 6.07) is 15.8. The Morgan fingerprint density at radius 1 is 0.679 bits per heavy atom. The number of hydrogen-bond donors (Lipinski definition) is 2. The third-order valence-electron chi connectivity index (χ3n) is 2.55. The van der Waals surface area contributed by atoms with Crippen molar-refractivity contribution in [3.63, 3.8) is 0 Å². The zero-order valence-corrected chi connectivity index (χ0v) is 17.6. The van der Waals surface area contributed by atoms with Crippen molar-refractivity contribution in [1.82, 2.24) is 0 Å². The molecule has 2 aromatic carbocycles. The Morgan fingerprint density at radius 2 is 0.929 bits per heavy atom. The number of carbonyl (C=O) groups excluding carboxylic acids is 2. The molecule has 0 atom stereocenters. The molecule has 0 radical (unpaired) electrons. The Kier molecular flexibility index (Phi) is 7.11. The van der Waals surface area contributed by atoms with Gasteiger partial charge in [0.1, 0.15) is 0 Å². The molecule has 0 aromatic heterocycles. The molecule has 4 nitrogen and oxygen atoms in total. The molecular formula is C16H16F6IN2O2P. The summed E-state index contributed by atoms with van der Waals surface area (Å²) in [6.45, 7) is 2.99. The van der Waals surface area contributed by atoms with Crippen LogP contribution < -0.4 is 31.8 Å². The fourth-order valence-corrected chi connectivity index (χ4v) is 3.88. The van der Waals surface area contributed by atoms with E-state index in [2.05, 4.69) is 10.6 Å². The van der Waals surface area contributed by atoms with Crippen LogP contribution in [-0.4, -0.2) is 11.8 Å². The van der Waals surface area contributed by atoms with Crippen LogP contribution >= 0.6 is 7.81 Å². The van der Waals surface area contributed by atoms with Crippen LogP contribution in [0.15, 0.2) is 48.5 Å². The topological polar surface area (TPSA) is 58.2 Å². The minimum atomic E-state index is -10.7. The molecule has 2 rings (SSSR count). The Balaban J connectivity index is 0.000000480. The molecule has 0 spiro atoms. The molecule has 28 heavy (non-hydrogen) atoms. The van der Waals surface area contributed by atoms with Crippen LogP contribution in [0.5, 0.6) is 0 Å². The molecule has 0 bridgehead atoms. The van der Waals surface area contributed by atoms with E-state index in [1.807, 2.05) is 48.5 Å². The van der Waals surface area contributed by atoms with Crippen molar-refractivity contribution in [2.24, 2.45) is 0 Å². The fourth-order valence-electron chi connectivity index (χ4n) is 1.72. The van der Waals surface area contributed by atoms with E-state index in [1.54, 1.807) is 0 Å². The van der Waals surface area contributed by atoms with Gasteiger partial charge >= 0.3 is 54.2 Å². The van der Waals surface area contributed by atoms with Crippen molar-refractivity contribution in [1.29, 1.82) is 0 Å². The number of anilines is 2. The SMILES string of the molecule is CC(=O)Nc1ccc([I+]c2ccc(NC(C)=O)cc2)cc1.F[P-](F)(F)(F)(F)F. The Labute approximate surface area is 167 Å². The molecule has 0 saturated carbocycles. The number of rotatable bonds is 4. The molecule has 0 saturated heterocycles. The van der Waals surface area contributed by atoms with Crippen molar-refractivity contribution >= 4 is 31.0 Å². The molecule has 0 fully saturated rings. The van der Waals surface area contributed by atoms with Crippen molar-refractivity contribution in [2.45, 2.75) is 13.8 Å². The van der Waals surface area contributed by atoms with Gasteiger partial charge in [0.2, 0.25) is 11.8 Å². The predicted molar refractivity (Wildman–Crippen MR) is 92.5 cm³/mol. The van der Waals surface area contributed by atoms with Crippen molar-refractivity contribution in [3.8, 4) is 0 Å². The van der Waals surface area contributed by atoms with Crippen LogP contribution in [0.25, 0.3) is 0 Å². The Hall–Kier alpha value is -1.88. The van der Waals surface area contributed by atoms with Gasteiger partial charge < -0.3 is 10.6 Å². The summed E-state index contributed by atoms with van der Waals surface area (Å²) in [5.74, 6) is -0.128. The maximum atomic E-state index is 11.0. The van der Waals surface area contributed by atoms with Crippen LogP contribution in [0.1, 0.15) is 13.8 Å². The standard InChI is InChI=1S/C16H15IN2O2.F6P/c1-11(20)18-15-7-3-13(4-8-15)17-14-5-9-16(10-6-14)19-12(2)21;1-7(2,3,4,5)6/h3-10H,1-2H3,(H-,18,19,20,21);/q;-1/p+1. The second kappa shape index (κ2) is 8.24. The molecular weight excluding hydrogens is 524 g/mol. The average molecular weight is 540 g/mol. The normalized spacial score (nSPS) is 13.3. The van der Waals surface area contributed by atoms with Crippen molar-refractivity contribution in [2.75, 3.05) is 10.6 Å². The van der Waals surface area contributed by atoms with Crippen LogP contribution in [0.4, 0.5) is 36.6 Å². The van der Waals surface area contributed by atoms with E-state index in [0.717, 1.165) is 11.4 Å². The summed E-state index contributed by atoms with van der Waals surface area (Å²) in [7, 11) is -10.7. The van der Waals surface area contributed by atoms with E-state index in [4.69, 9.17) is 0 Å². The van der Waals surface area contributed by atoms with Gasteiger partial charge in [-0.25, -0.2) is 0 Å². The van der Waals surface area contributed by atoms with Crippen LogP contribution in [0.3, 0.4) is 0 Å². The van der Waals surface area contributed by atoms with Gasteiger partial charge in [-0.3, -0.25) is 9.59 Å². The van der Waals surface area contributed by atoms with Gasteiger partial charge in [-0.15, -0.1) is 0 Å². The third-order valence-corrected chi connectivity index (χ3v) is 5.23. The summed E-state index contributed by atoms with van der Waals surface area (Å²) in [6.07, 6.45) is 0. The molecule has 0 aliphatic rings. The predicted octanol–water partition coefficient (Wildman–Crippen LogP) is 3.11. The maximum absolute atomic E-state index is 11.0. The van der Waals surface area contributed by atoms with E-state index in [9.17, 15) is 34.8 Å². The monoisotopic (exact) mass is 540 g/mol. The number of carbonyl (C=O) groups is 2. The molecule has 2 N–H and O–H groups in total. The van der Waals surface area contributed by atoms with Crippen molar-refractivity contribution < 1.29 is 56.0 Å². The van der Waals surface area contributed by atoms with E-state index in [0.29, 0.717) is 0 Å². The first-order chi connectivity index (χ1) is 12.5. The zero-order chi connectivity index (χ0) is 21.7. The van der Waals surface area contributed by atoms with Gasteiger partial charge in [0.05, 0.1) is 0 Å². The van der Waals surface area contributed by atoms with Crippen LogP contribution in [0.2, 0.25) is 0 Å². The first-order valence-electron chi connectivity index (χ1n) is 7.44. The van der Waals surface area contributed by atoms with Crippen LogP contribution in [-0.2, 0) is 9.59 Å². The molecule has 156 valence electrons. The summed E-state index contributed by atoms with van der Waals surface area (Å²) >= 11 is -0.264. The number of benzene rings is 2. The first kappa shape index (κ1) is 24.2. The van der Waals surface area contributed by atoms with Gasteiger partial charge in [-0.2, -0.15) is 0 Å². The Bertz CT molecular complexity index is 772. The number of hydrogen-bond acceptors (Lipinski definition) is 2. The molecule has 0 aliphatic carbocycles. The molecule has 0 aliphatic heterocycles. The summed E-state index contributed by atoms with van der Waals surface area (Å²) in [5.41, 5.74) is 1.63. The summed E-state index contributed by atoms with van der Waals surface area (Å²) in [5, 5.41) is 5.51. The molecule has 12 heteroatoms. The molecule has 2 aromatic rings. The summed E-state index contributed by atoms with van der Waals surface area (Å²) in [4.78, 5) is 21.9. The van der Waals surface area contributed by atoms with Gasteiger partial charge in [0.25, 0.3) is 0 Å². The fraction of sp³-hybridized carbons (Fsp3) is 0.125. The number of amides is 2. The molecule has 2 amide bonds. The number of nitrogens with one attached hydrogen (secondary N) is 2. The minimum absolute atomic E-state index is 0.0639. The average Bonchev–Trinajstić information content (AvgIpc) is 2.47. The van der Waals surface area contributed by atoms with E-state index in [1.165, 1.54) is 21.0 Å². The van der Waals surface area contributed by atoms with Crippen LogP contribution in [0, 0.1) is 7.14 Å². The van der Waals surface area contributed by atoms with E-state index in [-0.39, 0.29) is 33.0 Å². The third kappa shape index (κ3) is 14.2. The molecule has 0 unspecified atom stereocenters. The molecule has 0 heterocycles. The first-order valence-corrected chi connectivity index (χ1v) is 11.6. The Morgan fingerprint density at radius 3 is 1.14 bits per heavy atom. The number of halogens is 7. The van der Waals surface area contributed by atoms with E-state index >= 15 is 0 Å². The van der Waals surface area contributed by atoms with Gasteiger partial charge in [0, 0.05) is 25.2 Å². The van der Waals surface area contributed by atoms with E-state index < -0.39 is 7.81 Å². The van der Waals surface area contributed by atoms with Crippen molar-refractivity contribution in [3.05, 3.63) is 55.7 Å². The second-order valence-electron chi connectivity index (χ2n) is 5.43. The zero-order valence-electron chi connectivity index (χ0n) is 14.5. The quantitative estimate of drug-likeness (QED) is 0.356. The van der Waals surface area contributed by atoms with Gasteiger partial charge in [-0.05, 0) is 48.5 Å². The van der Waals surface area contributed by atoms with Gasteiger partial charge in [0.15, 0.2) is 7.14 Å².